The maximum absolute atomic E-state index is 14.2. The summed E-state index contributed by atoms with van der Waals surface area (Å²) in [7, 11) is 2.43. The minimum Gasteiger partial charge on any atom is -0.337 e. The van der Waals surface area contributed by atoms with E-state index in [4.69, 9.17) is 0 Å². The third-order valence-electron chi connectivity index (χ3n) is 24.1. The Morgan fingerprint density at radius 3 is 0.465 bits per heavy atom. The van der Waals surface area contributed by atoms with Crippen molar-refractivity contribution >= 4 is 56.0 Å². The van der Waals surface area contributed by atoms with Crippen molar-refractivity contribution in [3.63, 3.8) is 0 Å². The third-order valence-corrected chi connectivity index (χ3v) is 24.1. The lowest BCUT2D eigenvalue weighted by molar-refractivity contribution is -0.894. The molecule has 8 aromatic rings. The van der Waals surface area contributed by atoms with Crippen LogP contribution in [0, 0.1) is 0 Å². The van der Waals surface area contributed by atoms with Gasteiger partial charge >= 0.3 is 49.4 Å². The van der Waals surface area contributed by atoms with Crippen LogP contribution in [0.5, 0.6) is 0 Å². The average Bonchev–Trinajstić information content (AvgIpc) is 0.706. The Morgan fingerprint density at radius 1 is 0.189 bits per heavy atom. The maximum Gasteiger partial charge on any atom is 0.416 e. The van der Waals surface area contributed by atoms with E-state index in [9.17, 15) is 105 Å². The van der Waals surface area contributed by atoms with Crippen LogP contribution in [0.15, 0.2) is 194 Å². The summed E-state index contributed by atoms with van der Waals surface area (Å²) in [4.78, 5) is 3.46. The molecule has 0 heterocycles. The minimum absolute atomic E-state index is 0.691. The third kappa shape index (κ3) is 36.1. The number of rotatable bonds is 45. The topological polar surface area (TPSA) is 8.88 Å². The number of alkyl halides is 24. The standard InChI is InChI=1S/C37H77N.C32H12BF24.C24H20B.C6H15N/c1-4-6-8-10-12-14-16-18-20-22-24-26-28-30-32-34-36-38(3)37-35-33-31-29-27-25-23-21-19-17-15-13-11-9-7-5-2;34-25(35,36)13-1-14(26(37,38)39)6-21(5-13)33(22-7-15(27(40,41)42)2-16(8-22)28(43,44)45,23-9-17(29(46,47)48)3-18(10-23)30(49,50)51)24-11-19(31(52,53)54)4-20(12-24)32(55,56)57;1-5-13-21(14-6-1)25(22-15-7-2-8-16-22,23-17-9-3-10-18-23)24-19-11-4-12-20-24;1-4-7(5-2)6-3/h4-37H2,1-3H3;1-12H;1-20H;4-6H2,1-3H3/q;2*-1;/p+2. The van der Waals surface area contributed by atoms with Crippen LogP contribution in [0.2, 0.25) is 0 Å². The van der Waals surface area contributed by atoms with Gasteiger partial charge in [-0.3, -0.25) is 0 Å². The van der Waals surface area contributed by atoms with Crippen LogP contribution in [0.1, 0.15) is 285 Å². The number of hydrogen-bond acceptors (Lipinski definition) is 0. The molecule has 0 fully saturated rings. The highest BCUT2D eigenvalue weighted by atomic mass is 19.4. The lowest BCUT2D eigenvalue weighted by Gasteiger charge is -2.46. The van der Waals surface area contributed by atoms with E-state index in [2.05, 4.69) is 163 Å². The van der Waals surface area contributed by atoms with Crippen LogP contribution < -0.4 is 53.5 Å². The zero-order valence-electron chi connectivity index (χ0n) is 73.9. The van der Waals surface area contributed by atoms with Crippen molar-refractivity contribution in [2.75, 3.05) is 39.8 Å². The number of nitrogens with one attached hydrogen (secondary N) is 2. The van der Waals surface area contributed by atoms with Gasteiger partial charge in [0.1, 0.15) is 12.3 Å². The average molecular weight is 1820 g/mol. The Labute approximate surface area is 735 Å². The van der Waals surface area contributed by atoms with Gasteiger partial charge in [-0.25, -0.2) is 0 Å². The molecule has 2 N–H and O–H groups in total. The molecule has 28 heteroatoms. The van der Waals surface area contributed by atoms with Gasteiger partial charge in [-0.05, 0) is 70.7 Å². The highest BCUT2D eigenvalue weighted by molar-refractivity contribution is 7.20. The number of quaternary nitrogens is 2. The summed E-state index contributed by atoms with van der Waals surface area (Å²) < 4.78 is 341. The normalized spacial score (nSPS) is 12.7. The van der Waals surface area contributed by atoms with Crippen molar-refractivity contribution in [2.45, 2.75) is 289 Å². The van der Waals surface area contributed by atoms with E-state index in [1.807, 2.05) is 0 Å². The molecule has 706 valence electrons. The zero-order chi connectivity index (χ0) is 94.2. The molecule has 0 aliphatic rings. The smallest absolute Gasteiger partial charge is 0.337 e. The fourth-order valence-corrected chi connectivity index (χ4v) is 17.0. The van der Waals surface area contributed by atoms with E-state index >= 15 is 0 Å². The second-order valence-corrected chi connectivity index (χ2v) is 33.6. The van der Waals surface area contributed by atoms with Crippen LogP contribution in [-0.4, -0.2) is 52.1 Å². The van der Waals surface area contributed by atoms with Crippen LogP contribution >= 0.6 is 0 Å². The molecule has 0 radical (unpaired) electrons. The predicted octanol–water partition coefficient (Wildman–Crippen LogP) is 26.2. The predicted molar refractivity (Wildman–Crippen MR) is 468 cm³/mol. The summed E-state index contributed by atoms with van der Waals surface area (Å²) in [6.07, 6.45) is -8.98. The van der Waals surface area contributed by atoms with Crippen LogP contribution in [0.25, 0.3) is 0 Å². The molecule has 2 nitrogen and oxygen atoms in total. The molecule has 0 aliphatic heterocycles. The molecule has 127 heavy (non-hydrogen) atoms. The van der Waals surface area contributed by atoms with E-state index in [1.165, 1.54) is 260 Å². The minimum atomic E-state index is -6.13. The van der Waals surface area contributed by atoms with Gasteiger partial charge in [-0.1, -0.05) is 363 Å². The van der Waals surface area contributed by atoms with E-state index in [0.29, 0.717) is 0 Å². The quantitative estimate of drug-likeness (QED) is 0.0214. The molecule has 0 saturated heterocycles. The highest BCUT2D eigenvalue weighted by Crippen LogP contribution is 2.42. The van der Waals surface area contributed by atoms with E-state index in [1.54, 1.807) is 9.80 Å². The molecular formula is C99H126B2F24N2. The summed E-state index contributed by atoms with van der Waals surface area (Å²) in [5.41, 5.74) is -24.8. The molecule has 0 aromatic heterocycles. The largest absolute Gasteiger partial charge is 0.416 e. The van der Waals surface area contributed by atoms with Crippen molar-refractivity contribution < 1.29 is 115 Å². The summed E-state index contributed by atoms with van der Waals surface area (Å²) in [6.45, 7) is 17.9. The van der Waals surface area contributed by atoms with E-state index in [0.717, 1.165) is 0 Å². The number of unbranched alkanes of at least 4 members (excludes halogenated alkanes) is 30. The van der Waals surface area contributed by atoms with Crippen molar-refractivity contribution in [3.8, 4) is 0 Å². The Morgan fingerprint density at radius 2 is 0.331 bits per heavy atom. The van der Waals surface area contributed by atoms with Gasteiger partial charge in [0.15, 0.2) is 0 Å². The molecule has 0 amide bonds. The fraction of sp³-hybridized carbons (Fsp3) is 0.515. The summed E-state index contributed by atoms with van der Waals surface area (Å²) in [5, 5.41) is 0. The van der Waals surface area contributed by atoms with E-state index < -0.39 is 201 Å². The Balaban J connectivity index is 0.000000349. The molecule has 0 atom stereocenters. The first-order chi connectivity index (χ1) is 59.8. The van der Waals surface area contributed by atoms with Crippen LogP contribution in [-0.2, 0) is 49.4 Å². The van der Waals surface area contributed by atoms with Gasteiger partial charge in [0.25, 0.3) is 0 Å². The second kappa shape index (κ2) is 52.8. The molecule has 0 saturated carbocycles. The molecule has 0 aliphatic carbocycles. The number of benzene rings is 8. The van der Waals surface area contributed by atoms with Crippen molar-refractivity contribution in [1.29, 1.82) is 0 Å². The first-order valence-electron chi connectivity index (χ1n) is 45.2. The summed E-state index contributed by atoms with van der Waals surface area (Å²) in [6, 6.07) is 34.7. The Bertz CT molecular complexity index is 3700. The van der Waals surface area contributed by atoms with Gasteiger partial charge in [0, 0.05) is 0 Å². The molecule has 0 bridgehead atoms. The maximum atomic E-state index is 14.2. The van der Waals surface area contributed by atoms with E-state index in [-0.39, 0.29) is 0 Å². The van der Waals surface area contributed by atoms with Gasteiger partial charge < -0.3 is 9.80 Å². The lowest BCUT2D eigenvalue weighted by atomic mass is 9.12. The first kappa shape index (κ1) is 110. The summed E-state index contributed by atoms with van der Waals surface area (Å²) in [5.74, 6) is 0. The monoisotopic (exact) mass is 1820 g/mol. The zero-order valence-corrected chi connectivity index (χ0v) is 73.9. The molecule has 0 spiro atoms. The Kier molecular flexibility index (Phi) is 45.6. The fourth-order valence-electron chi connectivity index (χ4n) is 17.0. The molecular weight excluding hydrogens is 1690 g/mol. The van der Waals surface area contributed by atoms with Crippen LogP contribution in [0.4, 0.5) is 105 Å². The number of hydrogen-bond donors (Lipinski definition) is 2. The van der Waals surface area contributed by atoms with Gasteiger partial charge in [0.2, 0.25) is 0 Å². The molecule has 8 rings (SSSR count). The molecule has 8 aromatic carbocycles. The molecule has 0 unspecified atom stereocenters. The van der Waals surface area contributed by atoms with Crippen molar-refractivity contribution in [3.05, 3.63) is 239 Å². The first-order valence-corrected chi connectivity index (χ1v) is 45.2. The van der Waals surface area contributed by atoms with Gasteiger partial charge in [0.05, 0.1) is 84.3 Å². The van der Waals surface area contributed by atoms with Crippen molar-refractivity contribution in [2.24, 2.45) is 0 Å². The SMILES string of the molecule is CCCCCCCCCCCCCCCCCC[NH+](C)CCCCCCCCCCCCCCCCCC.CC[NH+](CC)CC.FC(F)(F)c1cc([B-](c2cc(C(F)(F)F)cc(C(F)(F)F)c2)(c2cc(C(F)(F)F)cc(C(F)(F)F)c2)c2cc(C(F)(F)F)cc(C(F)(F)F)c2)cc(C(F)(F)F)c1.c1ccc([B-](c2ccccc2)(c2ccccc2)c2ccccc2)cc1. The van der Waals surface area contributed by atoms with Gasteiger partial charge in [-0.2, -0.15) is 149 Å². The summed E-state index contributed by atoms with van der Waals surface area (Å²) >= 11 is 0. The Hall–Kier alpha value is -7.87. The van der Waals surface area contributed by atoms with Crippen LogP contribution in [0.3, 0.4) is 0 Å². The highest BCUT2D eigenvalue weighted by Gasteiger charge is 2.48. The second-order valence-electron chi connectivity index (χ2n) is 33.6. The van der Waals surface area contributed by atoms with Gasteiger partial charge in [-0.15, -0.1) is 0 Å². The lowest BCUT2D eigenvalue weighted by Crippen LogP contribution is -3.11. The number of halogens is 24. The van der Waals surface area contributed by atoms with Crippen molar-refractivity contribution in [1.82, 2.24) is 0 Å².